The Bertz CT molecular complexity index is 1230. The average Bonchev–Trinajstić information content (AvgIpc) is 3.16. The molecule has 0 bridgehead atoms. The molecule has 4 heteroatoms. The Morgan fingerprint density at radius 3 is 2.19 bits per heavy atom. The fourth-order valence-electron chi connectivity index (χ4n) is 3.60. The normalized spacial score (nSPS) is 12.8. The number of hydrogen-bond donors (Lipinski definition) is 0. The van der Waals surface area contributed by atoms with E-state index in [9.17, 15) is 9.59 Å². The van der Waals surface area contributed by atoms with Gasteiger partial charge in [-0.15, -0.1) is 11.3 Å². The topological polar surface area (TPSA) is 43.4 Å². The van der Waals surface area contributed by atoms with Gasteiger partial charge >= 0.3 is 0 Å². The van der Waals surface area contributed by atoms with Gasteiger partial charge < -0.3 is 4.74 Å². The maximum absolute atomic E-state index is 13.1. The number of carbonyl (C=O) groups excluding carboxylic acids is 2. The number of hydrogen-bond acceptors (Lipinski definition) is 4. The molecule has 0 spiro atoms. The molecule has 4 aromatic rings. The smallest absolute Gasteiger partial charge is 0.195 e. The van der Waals surface area contributed by atoms with Gasteiger partial charge in [0.25, 0.3) is 0 Å². The van der Waals surface area contributed by atoms with Crippen LogP contribution in [-0.2, 0) is 0 Å². The van der Waals surface area contributed by atoms with E-state index in [0.29, 0.717) is 22.3 Å². The molecule has 1 aliphatic carbocycles. The molecule has 3 aromatic carbocycles. The highest BCUT2D eigenvalue weighted by molar-refractivity contribution is 7.22. The molecule has 3 nitrogen and oxygen atoms in total. The number of fused-ring (bicyclic) bond motifs is 4. The van der Waals surface area contributed by atoms with Crippen molar-refractivity contribution >= 4 is 33.0 Å². The largest absolute Gasteiger partial charge is 0.497 e. The molecule has 0 fully saturated rings. The second-order valence-electron chi connectivity index (χ2n) is 6.44. The minimum absolute atomic E-state index is 0.0788. The number of benzene rings is 3. The molecule has 1 aliphatic rings. The van der Waals surface area contributed by atoms with Crippen LogP contribution in [0.15, 0.2) is 66.7 Å². The zero-order chi connectivity index (χ0) is 18.5. The molecule has 0 saturated carbocycles. The van der Waals surface area contributed by atoms with E-state index >= 15 is 0 Å². The maximum atomic E-state index is 13.1. The minimum Gasteiger partial charge on any atom is -0.497 e. The molecule has 130 valence electrons. The van der Waals surface area contributed by atoms with Crippen molar-refractivity contribution in [1.29, 1.82) is 0 Å². The lowest BCUT2D eigenvalue weighted by Gasteiger charge is -2.17. The average molecular weight is 370 g/mol. The van der Waals surface area contributed by atoms with E-state index in [1.807, 2.05) is 36.4 Å². The first-order valence-corrected chi connectivity index (χ1v) is 9.38. The van der Waals surface area contributed by atoms with E-state index in [0.717, 1.165) is 26.3 Å². The highest BCUT2D eigenvalue weighted by Crippen LogP contribution is 2.39. The molecular weight excluding hydrogens is 356 g/mol. The Morgan fingerprint density at radius 2 is 1.48 bits per heavy atom. The van der Waals surface area contributed by atoms with Gasteiger partial charge in [-0.25, -0.2) is 0 Å². The van der Waals surface area contributed by atoms with Crippen molar-refractivity contribution in [3.8, 4) is 16.2 Å². The summed E-state index contributed by atoms with van der Waals surface area (Å²) in [5.41, 5.74) is 3.04. The zero-order valence-corrected chi connectivity index (χ0v) is 15.3. The van der Waals surface area contributed by atoms with Crippen molar-refractivity contribution in [2.75, 3.05) is 7.11 Å². The van der Waals surface area contributed by atoms with Crippen LogP contribution in [0.5, 0.6) is 5.75 Å². The molecule has 27 heavy (non-hydrogen) atoms. The van der Waals surface area contributed by atoms with Gasteiger partial charge in [-0.1, -0.05) is 24.3 Å². The van der Waals surface area contributed by atoms with Gasteiger partial charge in [0.05, 0.1) is 7.11 Å². The van der Waals surface area contributed by atoms with Crippen LogP contribution in [0.3, 0.4) is 0 Å². The predicted octanol–water partition coefficient (Wildman–Crippen LogP) is 5.35. The third-order valence-corrected chi connectivity index (χ3v) is 6.11. The molecule has 0 radical (unpaired) electrons. The van der Waals surface area contributed by atoms with Crippen molar-refractivity contribution in [3.63, 3.8) is 0 Å². The number of carbonyl (C=O) groups is 2. The Hall–Kier alpha value is -3.24. The van der Waals surface area contributed by atoms with Crippen molar-refractivity contribution < 1.29 is 14.3 Å². The molecule has 0 atom stereocenters. The van der Waals surface area contributed by atoms with Crippen LogP contribution in [0.2, 0.25) is 0 Å². The molecule has 1 heterocycles. The van der Waals surface area contributed by atoms with Gasteiger partial charge in [-0.2, -0.15) is 0 Å². The zero-order valence-electron chi connectivity index (χ0n) is 14.5. The molecule has 0 saturated heterocycles. The van der Waals surface area contributed by atoms with E-state index in [1.165, 1.54) is 0 Å². The van der Waals surface area contributed by atoms with Gasteiger partial charge in [0.15, 0.2) is 11.6 Å². The molecule has 0 amide bonds. The van der Waals surface area contributed by atoms with E-state index in [4.69, 9.17) is 4.74 Å². The van der Waals surface area contributed by atoms with Crippen LogP contribution >= 0.6 is 11.3 Å². The van der Waals surface area contributed by atoms with E-state index in [2.05, 4.69) is 0 Å². The summed E-state index contributed by atoms with van der Waals surface area (Å²) in [6.07, 6.45) is 0. The lowest BCUT2D eigenvalue weighted by molar-refractivity contribution is 0.0980. The molecular formula is C23H14O3S. The number of rotatable bonds is 2. The summed E-state index contributed by atoms with van der Waals surface area (Å²) in [7, 11) is 1.64. The highest BCUT2D eigenvalue weighted by atomic mass is 32.1. The summed E-state index contributed by atoms with van der Waals surface area (Å²) in [6, 6.07) is 20.6. The van der Waals surface area contributed by atoms with Gasteiger partial charge in [-0.3, -0.25) is 9.59 Å². The third-order valence-electron chi connectivity index (χ3n) is 4.96. The summed E-state index contributed by atoms with van der Waals surface area (Å²) < 4.78 is 6.22. The van der Waals surface area contributed by atoms with E-state index in [1.54, 1.807) is 48.8 Å². The Balaban J connectivity index is 1.71. The Kier molecular flexibility index (Phi) is 3.49. The predicted molar refractivity (Wildman–Crippen MR) is 107 cm³/mol. The van der Waals surface area contributed by atoms with Crippen LogP contribution in [0.25, 0.3) is 20.5 Å². The summed E-state index contributed by atoms with van der Waals surface area (Å²) in [4.78, 5) is 27.1. The van der Waals surface area contributed by atoms with Gasteiger partial charge in [0.1, 0.15) is 5.75 Å². The van der Waals surface area contributed by atoms with Crippen LogP contribution in [0.4, 0.5) is 0 Å². The lowest BCUT2D eigenvalue weighted by atomic mass is 9.82. The fourth-order valence-corrected chi connectivity index (χ4v) is 4.68. The van der Waals surface area contributed by atoms with Gasteiger partial charge in [-0.05, 0) is 48.0 Å². The number of ether oxygens (including phenoxy) is 1. The molecule has 5 rings (SSSR count). The first-order chi connectivity index (χ1) is 13.2. The number of ketones is 2. The van der Waals surface area contributed by atoms with Crippen LogP contribution in [-0.4, -0.2) is 18.7 Å². The molecule has 1 aromatic heterocycles. The number of methoxy groups -OCH3 is 1. The van der Waals surface area contributed by atoms with Crippen molar-refractivity contribution in [1.82, 2.24) is 0 Å². The van der Waals surface area contributed by atoms with Crippen LogP contribution in [0.1, 0.15) is 31.8 Å². The van der Waals surface area contributed by atoms with E-state index in [-0.39, 0.29) is 11.6 Å². The van der Waals surface area contributed by atoms with E-state index < -0.39 is 0 Å². The first kappa shape index (κ1) is 16.0. The Morgan fingerprint density at radius 1 is 0.778 bits per heavy atom. The summed E-state index contributed by atoms with van der Waals surface area (Å²) in [6.45, 7) is 0. The Labute approximate surface area is 159 Å². The minimum atomic E-state index is -0.0840. The van der Waals surface area contributed by atoms with Crippen molar-refractivity contribution in [2.45, 2.75) is 0 Å². The first-order valence-electron chi connectivity index (χ1n) is 8.57. The highest BCUT2D eigenvalue weighted by Gasteiger charge is 2.31. The number of thiophene rings is 1. The van der Waals surface area contributed by atoms with Gasteiger partial charge in [0.2, 0.25) is 0 Å². The third kappa shape index (κ3) is 2.34. The second-order valence-corrected chi connectivity index (χ2v) is 7.53. The molecule has 0 N–H and O–H groups in total. The summed E-state index contributed by atoms with van der Waals surface area (Å²) in [5.74, 6) is 0.638. The van der Waals surface area contributed by atoms with Crippen LogP contribution in [0, 0.1) is 0 Å². The lowest BCUT2D eigenvalue weighted by Crippen LogP contribution is -2.20. The summed E-state index contributed by atoms with van der Waals surface area (Å²) >= 11 is 1.62. The SMILES string of the molecule is COc1ccc(-c2cc3c4c(ccc3s2)C(=O)c2ccccc2C4=O)cc1. The molecule has 0 unspecified atom stereocenters. The summed E-state index contributed by atoms with van der Waals surface area (Å²) in [5, 5.41) is 0.844. The second kappa shape index (κ2) is 5.89. The quantitative estimate of drug-likeness (QED) is 0.421. The monoisotopic (exact) mass is 370 g/mol. The van der Waals surface area contributed by atoms with Crippen LogP contribution < -0.4 is 4.74 Å². The fraction of sp³-hybridized carbons (Fsp3) is 0.0435. The standard InChI is InChI=1S/C23H14O3S/c1-26-14-8-6-13(7-9-14)20-12-18-19(27-20)11-10-17-21(18)23(25)16-5-3-2-4-15(16)22(17)24/h2-12H,1H3. The van der Waals surface area contributed by atoms with Crippen molar-refractivity contribution in [3.05, 3.63) is 89.0 Å². The maximum Gasteiger partial charge on any atom is 0.195 e. The van der Waals surface area contributed by atoms with Gasteiger partial charge in [0, 0.05) is 37.2 Å². The molecule has 0 aliphatic heterocycles. The van der Waals surface area contributed by atoms with Crippen molar-refractivity contribution in [2.24, 2.45) is 0 Å².